The molecule has 0 saturated heterocycles. The van der Waals surface area contributed by atoms with Gasteiger partial charge in [-0.25, -0.2) is 0 Å². The summed E-state index contributed by atoms with van der Waals surface area (Å²) >= 11 is 0. The molecule has 3 rings (SSSR count). The number of anilines is 1. The molecule has 4 nitrogen and oxygen atoms in total. The molecule has 0 aliphatic rings. The zero-order valence-corrected chi connectivity index (χ0v) is 11.6. The Hall–Kier alpha value is -2.49. The highest BCUT2D eigenvalue weighted by molar-refractivity contribution is 5.58. The van der Waals surface area contributed by atoms with E-state index in [2.05, 4.69) is 46.7 Å². The molecule has 0 bridgehead atoms. The Morgan fingerprint density at radius 1 is 1.10 bits per heavy atom. The van der Waals surface area contributed by atoms with Gasteiger partial charge in [0.15, 0.2) is 5.76 Å². The van der Waals surface area contributed by atoms with Gasteiger partial charge in [-0.3, -0.25) is 5.10 Å². The van der Waals surface area contributed by atoms with Crippen LogP contribution >= 0.6 is 0 Å². The Bertz CT molecular complexity index is 695. The molecule has 1 aromatic carbocycles. The van der Waals surface area contributed by atoms with Crippen LogP contribution in [0.2, 0.25) is 0 Å². The molecule has 0 amide bonds. The summed E-state index contributed by atoms with van der Waals surface area (Å²) in [5.41, 5.74) is 4.36. The number of hydrogen-bond acceptors (Lipinski definition) is 3. The second-order valence-electron chi connectivity index (χ2n) is 4.90. The fourth-order valence-corrected chi connectivity index (χ4v) is 2.10. The van der Waals surface area contributed by atoms with Crippen molar-refractivity contribution < 1.29 is 4.42 Å². The number of aromatic nitrogens is 2. The molecule has 3 aromatic rings. The summed E-state index contributed by atoms with van der Waals surface area (Å²) < 4.78 is 5.64. The van der Waals surface area contributed by atoms with E-state index in [-0.39, 0.29) is 0 Å². The molecule has 102 valence electrons. The third-order valence-electron chi connectivity index (χ3n) is 3.24. The van der Waals surface area contributed by atoms with Crippen LogP contribution in [0.4, 0.5) is 5.69 Å². The first-order valence-electron chi connectivity index (χ1n) is 6.62. The minimum atomic E-state index is 0.703. The minimum absolute atomic E-state index is 0.703. The van der Waals surface area contributed by atoms with Gasteiger partial charge in [-0.05, 0) is 38.1 Å². The van der Waals surface area contributed by atoms with Crippen molar-refractivity contribution in [2.75, 3.05) is 5.32 Å². The van der Waals surface area contributed by atoms with Crippen molar-refractivity contribution in [3.05, 3.63) is 59.5 Å². The summed E-state index contributed by atoms with van der Waals surface area (Å²) in [6.45, 7) is 4.72. The molecule has 0 radical (unpaired) electrons. The second kappa shape index (κ2) is 5.25. The molecule has 20 heavy (non-hydrogen) atoms. The lowest BCUT2D eigenvalue weighted by molar-refractivity contribution is 0.545. The van der Waals surface area contributed by atoms with E-state index in [9.17, 15) is 0 Å². The van der Waals surface area contributed by atoms with Crippen LogP contribution in [0.5, 0.6) is 0 Å². The molecule has 0 aliphatic carbocycles. The first kappa shape index (κ1) is 12.5. The van der Waals surface area contributed by atoms with Crippen LogP contribution in [0, 0.1) is 13.8 Å². The highest BCUT2D eigenvalue weighted by Crippen LogP contribution is 2.24. The predicted molar refractivity (Wildman–Crippen MR) is 79.5 cm³/mol. The third kappa shape index (κ3) is 2.59. The van der Waals surface area contributed by atoms with Crippen molar-refractivity contribution in [1.29, 1.82) is 0 Å². The zero-order chi connectivity index (χ0) is 13.9. The van der Waals surface area contributed by atoms with E-state index < -0.39 is 0 Å². The van der Waals surface area contributed by atoms with Gasteiger partial charge < -0.3 is 9.73 Å². The van der Waals surface area contributed by atoms with E-state index >= 15 is 0 Å². The number of furan rings is 1. The Morgan fingerprint density at radius 3 is 2.60 bits per heavy atom. The number of aryl methyl sites for hydroxylation is 2. The van der Waals surface area contributed by atoms with Crippen molar-refractivity contribution in [3.8, 4) is 11.5 Å². The maximum absolute atomic E-state index is 5.64. The molecule has 0 spiro atoms. The van der Waals surface area contributed by atoms with Crippen molar-refractivity contribution in [3.63, 3.8) is 0 Å². The maximum atomic E-state index is 5.64. The zero-order valence-electron chi connectivity index (χ0n) is 11.6. The molecule has 0 saturated carbocycles. The normalized spacial score (nSPS) is 10.7. The fourth-order valence-electron chi connectivity index (χ4n) is 2.10. The summed E-state index contributed by atoms with van der Waals surface area (Å²) in [4.78, 5) is 0. The molecule has 2 heterocycles. The Labute approximate surface area is 117 Å². The lowest BCUT2D eigenvalue weighted by Gasteiger charge is -2.06. The van der Waals surface area contributed by atoms with Crippen LogP contribution in [0.1, 0.15) is 16.9 Å². The van der Waals surface area contributed by atoms with Crippen LogP contribution < -0.4 is 5.32 Å². The average molecular weight is 267 g/mol. The van der Waals surface area contributed by atoms with Gasteiger partial charge in [0.05, 0.1) is 6.20 Å². The quantitative estimate of drug-likeness (QED) is 0.753. The molecule has 0 atom stereocenters. The standard InChI is InChI=1S/C16H17N3O/c1-11-3-6-14(7-4-11)17-9-13-10-18-19-16(13)15-8-5-12(2)20-15/h3-8,10,17H,9H2,1-2H3,(H,18,19). The van der Waals surface area contributed by atoms with Gasteiger partial charge in [-0.2, -0.15) is 5.10 Å². The second-order valence-corrected chi connectivity index (χ2v) is 4.90. The molecule has 2 aromatic heterocycles. The Kier molecular flexibility index (Phi) is 3.29. The number of benzene rings is 1. The first-order chi connectivity index (χ1) is 9.72. The van der Waals surface area contributed by atoms with Crippen molar-refractivity contribution in [2.45, 2.75) is 20.4 Å². The van der Waals surface area contributed by atoms with Gasteiger partial charge in [0, 0.05) is 17.8 Å². The van der Waals surface area contributed by atoms with Crippen LogP contribution in [0.25, 0.3) is 11.5 Å². The SMILES string of the molecule is Cc1ccc(NCc2cn[nH]c2-c2ccc(C)o2)cc1. The Morgan fingerprint density at radius 2 is 1.90 bits per heavy atom. The number of H-pyrrole nitrogens is 1. The summed E-state index contributed by atoms with van der Waals surface area (Å²) in [6, 6.07) is 12.2. The van der Waals surface area contributed by atoms with Crippen molar-refractivity contribution in [1.82, 2.24) is 10.2 Å². The third-order valence-corrected chi connectivity index (χ3v) is 3.24. The summed E-state index contributed by atoms with van der Waals surface area (Å²) in [6.07, 6.45) is 1.83. The summed E-state index contributed by atoms with van der Waals surface area (Å²) in [5.74, 6) is 1.72. The average Bonchev–Trinajstić information content (AvgIpc) is 3.06. The van der Waals surface area contributed by atoms with Gasteiger partial charge in [0.2, 0.25) is 0 Å². The molecular formula is C16H17N3O. The van der Waals surface area contributed by atoms with Gasteiger partial charge in [0.1, 0.15) is 11.5 Å². The van der Waals surface area contributed by atoms with Gasteiger partial charge in [0.25, 0.3) is 0 Å². The van der Waals surface area contributed by atoms with Gasteiger partial charge in [-0.15, -0.1) is 0 Å². The lowest BCUT2D eigenvalue weighted by Crippen LogP contribution is -1.99. The largest absolute Gasteiger partial charge is 0.460 e. The topological polar surface area (TPSA) is 53.9 Å². The van der Waals surface area contributed by atoms with Crippen LogP contribution in [-0.2, 0) is 6.54 Å². The summed E-state index contributed by atoms with van der Waals surface area (Å²) in [5, 5.41) is 10.5. The van der Waals surface area contributed by atoms with Crippen LogP contribution in [0.15, 0.2) is 47.0 Å². The Balaban J connectivity index is 1.75. The molecule has 0 aliphatic heterocycles. The molecule has 0 fully saturated rings. The van der Waals surface area contributed by atoms with E-state index in [1.807, 2.05) is 25.3 Å². The highest BCUT2D eigenvalue weighted by Gasteiger charge is 2.10. The smallest absolute Gasteiger partial charge is 0.152 e. The van der Waals surface area contributed by atoms with E-state index in [0.717, 1.165) is 28.5 Å². The van der Waals surface area contributed by atoms with E-state index in [1.165, 1.54) is 5.56 Å². The predicted octanol–water partition coefficient (Wildman–Crippen LogP) is 3.90. The molecule has 2 N–H and O–H groups in total. The first-order valence-corrected chi connectivity index (χ1v) is 6.62. The lowest BCUT2D eigenvalue weighted by atomic mass is 10.2. The van der Waals surface area contributed by atoms with Crippen molar-refractivity contribution in [2.24, 2.45) is 0 Å². The number of nitrogens with zero attached hydrogens (tertiary/aromatic N) is 1. The maximum Gasteiger partial charge on any atom is 0.152 e. The van der Waals surface area contributed by atoms with Gasteiger partial charge in [-0.1, -0.05) is 17.7 Å². The minimum Gasteiger partial charge on any atom is -0.460 e. The molecule has 0 unspecified atom stereocenters. The number of hydrogen-bond donors (Lipinski definition) is 2. The number of aromatic amines is 1. The van der Waals surface area contributed by atoms with E-state index in [4.69, 9.17) is 4.42 Å². The highest BCUT2D eigenvalue weighted by atomic mass is 16.3. The molecular weight excluding hydrogens is 250 g/mol. The monoisotopic (exact) mass is 267 g/mol. The fraction of sp³-hybridized carbons (Fsp3) is 0.188. The number of rotatable bonds is 4. The molecule has 4 heteroatoms. The summed E-state index contributed by atoms with van der Waals surface area (Å²) in [7, 11) is 0. The van der Waals surface area contributed by atoms with Crippen LogP contribution in [0.3, 0.4) is 0 Å². The van der Waals surface area contributed by atoms with E-state index in [0.29, 0.717) is 6.54 Å². The van der Waals surface area contributed by atoms with Crippen molar-refractivity contribution >= 4 is 5.69 Å². The number of nitrogens with one attached hydrogen (secondary N) is 2. The van der Waals surface area contributed by atoms with Gasteiger partial charge >= 0.3 is 0 Å². The van der Waals surface area contributed by atoms with E-state index in [1.54, 1.807) is 0 Å². The van der Waals surface area contributed by atoms with Crippen LogP contribution in [-0.4, -0.2) is 10.2 Å².